The third kappa shape index (κ3) is 2.62. The van der Waals surface area contributed by atoms with Gasteiger partial charge in [-0.05, 0) is 6.42 Å². The van der Waals surface area contributed by atoms with Gasteiger partial charge in [0.2, 0.25) is 0 Å². The van der Waals surface area contributed by atoms with Crippen LogP contribution in [0, 0.1) is 0 Å². The molecule has 4 heteroatoms. The van der Waals surface area contributed by atoms with E-state index in [0.29, 0.717) is 6.42 Å². The highest BCUT2D eigenvalue weighted by atomic mass is 16.4. The van der Waals surface area contributed by atoms with Crippen LogP contribution in [0.3, 0.4) is 0 Å². The lowest BCUT2D eigenvalue weighted by molar-refractivity contribution is -0.0767. The van der Waals surface area contributed by atoms with Crippen LogP contribution in [0.4, 0.5) is 0 Å². The predicted molar refractivity (Wildman–Crippen MR) is 35.4 cm³/mol. The molecule has 4 N–H and O–H groups in total. The zero-order valence-electron chi connectivity index (χ0n) is 5.94. The lowest BCUT2D eigenvalue weighted by atomic mass is 10.1. The molecule has 62 valence electrons. The molecule has 0 unspecified atom stereocenters. The summed E-state index contributed by atoms with van der Waals surface area (Å²) < 4.78 is 0. The van der Waals surface area contributed by atoms with Crippen LogP contribution in [0.2, 0.25) is 0 Å². The van der Waals surface area contributed by atoms with Gasteiger partial charge in [0.15, 0.2) is 0 Å². The Morgan fingerprint density at radius 3 is 1.90 bits per heavy atom. The maximum absolute atomic E-state index is 8.93. The standard InChI is InChI=1S/C6H14O4/c1-2-4(8)6(10)5(9)3-7/h4-10H,2-3H2,1H3/t4-,5+,6-/m1/s1. The molecule has 0 aliphatic rings. The summed E-state index contributed by atoms with van der Waals surface area (Å²) in [7, 11) is 0. The molecule has 0 radical (unpaired) electrons. The van der Waals surface area contributed by atoms with Gasteiger partial charge in [-0.3, -0.25) is 0 Å². The van der Waals surface area contributed by atoms with E-state index in [4.69, 9.17) is 20.4 Å². The lowest BCUT2D eigenvalue weighted by Crippen LogP contribution is -2.38. The molecule has 0 aromatic rings. The number of hydrogen-bond acceptors (Lipinski definition) is 4. The van der Waals surface area contributed by atoms with Crippen LogP contribution < -0.4 is 0 Å². The monoisotopic (exact) mass is 150 g/mol. The Hall–Kier alpha value is -0.160. The van der Waals surface area contributed by atoms with Crippen molar-refractivity contribution in [2.75, 3.05) is 6.61 Å². The van der Waals surface area contributed by atoms with Crippen molar-refractivity contribution in [2.45, 2.75) is 31.7 Å². The zero-order valence-corrected chi connectivity index (χ0v) is 5.94. The first-order valence-electron chi connectivity index (χ1n) is 3.28. The third-order valence-electron chi connectivity index (χ3n) is 1.39. The lowest BCUT2D eigenvalue weighted by Gasteiger charge is -2.19. The van der Waals surface area contributed by atoms with Gasteiger partial charge in [-0.15, -0.1) is 0 Å². The molecule has 4 nitrogen and oxygen atoms in total. The van der Waals surface area contributed by atoms with Crippen LogP contribution >= 0.6 is 0 Å². The van der Waals surface area contributed by atoms with Gasteiger partial charge in [-0.2, -0.15) is 0 Å². The Bertz CT molecular complexity index is 75.8. The SMILES string of the molecule is CC[C@@H](O)[C@@H](O)[C@@H](O)CO. The van der Waals surface area contributed by atoms with E-state index in [9.17, 15) is 0 Å². The van der Waals surface area contributed by atoms with Crippen molar-refractivity contribution < 1.29 is 20.4 Å². The minimum absolute atomic E-state index is 0.359. The van der Waals surface area contributed by atoms with Crippen molar-refractivity contribution in [3.63, 3.8) is 0 Å². The fourth-order valence-corrected chi connectivity index (χ4v) is 0.606. The molecule has 3 atom stereocenters. The Balaban J connectivity index is 3.69. The van der Waals surface area contributed by atoms with Gasteiger partial charge in [-0.1, -0.05) is 6.92 Å². The maximum Gasteiger partial charge on any atom is 0.108 e. The highest BCUT2D eigenvalue weighted by molar-refractivity contribution is 4.72. The van der Waals surface area contributed by atoms with E-state index in [2.05, 4.69) is 0 Å². The Morgan fingerprint density at radius 1 is 1.10 bits per heavy atom. The maximum atomic E-state index is 8.93. The molecule has 0 saturated carbocycles. The zero-order chi connectivity index (χ0) is 8.15. The molecular formula is C6H14O4. The van der Waals surface area contributed by atoms with Gasteiger partial charge in [0.05, 0.1) is 12.7 Å². The van der Waals surface area contributed by atoms with Gasteiger partial charge >= 0.3 is 0 Å². The highest BCUT2D eigenvalue weighted by Crippen LogP contribution is 2.02. The number of aliphatic hydroxyl groups excluding tert-OH is 4. The quantitative estimate of drug-likeness (QED) is 0.392. The summed E-state index contributed by atoms with van der Waals surface area (Å²) in [6.45, 7) is 1.15. The van der Waals surface area contributed by atoms with Gasteiger partial charge in [-0.25, -0.2) is 0 Å². The van der Waals surface area contributed by atoms with Crippen molar-refractivity contribution in [1.82, 2.24) is 0 Å². The molecular weight excluding hydrogens is 136 g/mol. The van der Waals surface area contributed by atoms with E-state index in [1.165, 1.54) is 0 Å². The van der Waals surface area contributed by atoms with E-state index in [1.54, 1.807) is 6.92 Å². The van der Waals surface area contributed by atoms with Gasteiger partial charge in [0.1, 0.15) is 12.2 Å². The van der Waals surface area contributed by atoms with Crippen LogP contribution in [-0.4, -0.2) is 45.3 Å². The summed E-state index contributed by atoms with van der Waals surface area (Å²) in [5.74, 6) is 0. The third-order valence-corrected chi connectivity index (χ3v) is 1.39. The first-order chi connectivity index (χ1) is 4.63. The number of aliphatic hydroxyl groups is 4. The second-order valence-corrected chi connectivity index (χ2v) is 2.22. The summed E-state index contributed by atoms with van der Waals surface area (Å²) in [6.07, 6.45) is -3.08. The van der Waals surface area contributed by atoms with Crippen molar-refractivity contribution in [1.29, 1.82) is 0 Å². The highest BCUT2D eigenvalue weighted by Gasteiger charge is 2.21. The summed E-state index contributed by atoms with van der Waals surface area (Å²) in [4.78, 5) is 0. The second kappa shape index (κ2) is 4.62. The molecule has 0 amide bonds. The molecule has 0 aromatic heterocycles. The van der Waals surface area contributed by atoms with Gasteiger partial charge < -0.3 is 20.4 Å². The van der Waals surface area contributed by atoms with Crippen molar-refractivity contribution in [2.24, 2.45) is 0 Å². The normalized spacial score (nSPS) is 20.1. The molecule has 0 aliphatic heterocycles. The average Bonchev–Trinajstić information content (AvgIpc) is 2.00. The predicted octanol–water partition coefficient (Wildman–Crippen LogP) is -1.53. The fraction of sp³-hybridized carbons (Fsp3) is 1.00. The Labute approximate surface area is 59.7 Å². The first kappa shape index (κ1) is 9.84. The van der Waals surface area contributed by atoms with Gasteiger partial charge in [0.25, 0.3) is 0 Å². The van der Waals surface area contributed by atoms with Crippen molar-refractivity contribution in [3.05, 3.63) is 0 Å². The van der Waals surface area contributed by atoms with Crippen LogP contribution in [0.15, 0.2) is 0 Å². The van der Waals surface area contributed by atoms with E-state index in [0.717, 1.165) is 0 Å². The second-order valence-electron chi connectivity index (χ2n) is 2.22. The van der Waals surface area contributed by atoms with Crippen molar-refractivity contribution in [3.8, 4) is 0 Å². The summed E-state index contributed by atoms with van der Waals surface area (Å²) in [5, 5.41) is 34.9. The average molecular weight is 150 g/mol. The van der Waals surface area contributed by atoms with Crippen LogP contribution in [-0.2, 0) is 0 Å². The van der Waals surface area contributed by atoms with E-state index >= 15 is 0 Å². The fourth-order valence-electron chi connectivity index (χ4n) is 0.606. The largest absolute Gasteiger partial charge is 0.394 e. The molecule has 0 saturated heterocycles. The summed E-state index contributed by atoms with van der Waals surface area (Å²) in [5.41, 5.74) is 0. The molecule has 10 heavy (non-hydrogen) atoms. The van der Waals surface area contributed by atoms with Crippen LogP contribution in [0.5, 0.6) is 0 Å². The van der Waals surface area contributed by atoms with Crippen molar-refractivity contribution >= 4 is 0 Å². The summed E-state index contributed by atoms with van der Waals surface area (Å²) >= 11 is 0. The smallest absolute Gasteiger partial charge is 0.108 e. The number of hydrogen-bond donors (Lipinski definition) is 4. The minimum Gasteiger partial charge on any atom is -0.394 e. The van der Waals surface area contributed by atoms with E-state index in [1.807, 2.05) is 0 Å². The summed E-state index contributed by atoms with van der Waals surface area (Å²) in [6, 6.07) is 0. The Kier molecular flexibility index (Phi) is 4.55. The van der Waals surface area contributed by atoms with Crippen LogP contribution in [0.1, 0.15) is 13.3 Å². The molecule has 0 rings (SSSR count). The molecule has 0 spiro atoms. The molecule has 0 aliphatic carbocycles. The Morgan fingerprint density at radius 2 is 1.60 bits per heavy atom. The molecule has 0 aromatic carbocycles. The molecule has 0 fully saturated rings. The number of rotatable bonds is 4. The first-order valence-corrected chi connectivity index (χ1v) is 3.28. The molecule has 0 bridgehead atoms. The van der Waals surface area contributed by atoms with E-state index < -0.39 is 24.9 Å². The van der Waals surface area contributed by atoms with Crippen LogP contribution in [0.25, 0.3) is 0 Å². The van der Waals surface area contributed by atoms with E-state index in [-0.39, 0.29) is 0 Å². The topological polar surface area (TPSA) is 80.9 Å². The minimum atomic E-state index is -1.24. The molecule has 0 heterocycles. The van der Waals surface area contributed by atoms with Gasteiger partial charge in [0, 0.05) is 0 Å².